The SMILES string of the molecule is CN(Cc1cc(Br)cs1)c1cc(Br)ccc1C(N)=S. The zero-order valence-electron chi connectivity index (χ0n) is 10.2. The Morgan fingerprint density at radius 3 is 2.63 bits per heavy atom. The van der Waals surface area contributed by atoms with Crippen molar-refractivity contribution in [1.29, 1.82) is 0 Å². The number of rotatable bonds is 4. The summed E-state index contributed by atoms with van der Waals surface area (Å²) in [6, 6.07) is 8.06. The molecule has 0 atom stereocenters. The molecule has 2 nitrogen and oxygen atoms in total. The van der Waals surface area contributed by atoms with E-state index in [9.17, 15) is 0 Å². The molecule has 0 unspecified atom stereocenters. The lowest BCUT2D eigenvalue weighted by molar-refractivity contribution is 0.938. The minimum Gasteiger partial charge on any atom is -0.389 e. The Hall–Kier alpha value is -0.430. The van der Waals surface area contributed by atoms with Crippen molar-refractivity contribution in [3.63, 3.8) is 0 Å². The smallest absolute Gasteiger partial charge is 0.106 e. The largest absolute Gasteiger partial charge is 0.389 e. The van der Waals surface area contributed by atoms with Crippen LogP contribution in [0.4, 0.5) is 5.69 Å². The minimum atomic E-state index is 0.418. The molecule has 2 aromatic rings. The first-order valence-corrected chi connectivity index (χ1v) is 8.38. The van der Waals surface area contributed by atoms with Crippen LogP contribution in [-0.4, -0.2) is 12.0 Å². The maximum atomic E-state index is 5.78. The first-order valence-electron chi connectivity index (χ1n) is 5.51. The van der Waals surface area contributed by atoms with Crippen LogP contribution < -0.4 is 10.6 Å². The molecule has 0 aliphatic rings. The second-order valence-corrected chi connectivity index (χ2v) is 7.38. The van der Waals surface area contributed by atoms with Crippen LogP contribution in [0.15, 0.2) is 38.6 Å². The van der Waals surface area contributed by atoms with Gasteiger partial charge in [-0.3, -0.25) is 0 Å². The van der Waals surface area contributed by atoms with Crippen molar-refractivity contribution in [2.24, 2.45) is 5.73 Å². The molecule has 2 rings (SSSR count). The Balaban J connectivity index is 2.29. The van der Waals surface area contributed by atoms with Gasteiger partial charge in [0.15, 0.2) is 0 Å². The van der Waals surface area contributed by atoms with Gasteiger partial charge in [0.1, 0.15) is 4.99 Å². The molecule has 100 valence electrons. The Bertz CT molecular complexity index is 610. The molecule has 1 aromatic carbocycles. The minimum absolute atomic E-state index is 0.418. The topological polar surface area (TPSA) is 29.3 Å². The molecule has 0 saturated carbocycles. The van der Waals surface area contributed by atoms with Crippen LogP contribution >= 0.6 is 55.4 Å². The summed E-state index contributed by atoms with van der Waals surface area (Å²) in [5.74, 6) is 0. The number of thiocarbonyl (C=S) groups is 1. The number of thiophene rings is 1. The fourth-order valence-corrected chi connectivity index (χ4v) is 3.81. The van der Waals surface area contributed by atoms with Crippen LogP contribution in [0.2, 0.25) is 0 Å². The van der Waals surface area contributed by atoms with Crippen LogP contribution in [-0.2, 0) is 6.54 Å². The van der Waals surface area contributed by atoms with Crippen LogP contribution in [0.3, 0.4) is 0 Å². The normalized spacial score (nSPS) is 10.5. The first kappa shape index (κ1) is 15.0. The van der Waals surface area contributed by atoms with Gasteiger partial charge in [0.25, 0.3) is 0 Å². The fraction of sp³-hybridized carbons (Fsp3) is 0.154. The quantitative estimate of drug-likeness (QED) is 0.737. The van der Waals surface area contributed by atoms with Crippen molar-refractivity contribution in [3.05, 3.63) is 49.0 Å². The van der Waals surface area contributed by atoms with Crippen molar-refractivity contribution in [3.8, 4) is 0 Å². The molecule has 0 radical (unpaired) electrons. The van der Waals surface area contributed by atoms with Crippen LogP contribution in [0, 0.1) is 0 Å². The second-order valence-electron chi connectivity index (χ2n) is 4.11. The summed E-state index contributed by atoms with van der Waals surface area (Å²) in [4.78, 5) is 3.85. The number of nitrogens with zero attached hydrogens (tertiary/aromatic N) is 1. The molecular weight excluding hydrogens is 408 g/mol. The molecular formula is C13H12Br2N2S2. The highest BCUT2D eigenvalue weighted by Crippen LogP contribution is 2.27. The van der Waals surface area contributed by atoms with E-state index in [4.69, 9.17) is 18.0 Å². The third-order valence-corrected chi connectivity index (χ3v) is 5.05. The van der Waals surface area contributed by atoms with E-state index in [0.29, 0.717) is 4.99 Å². The standard InChI is InChI=1S/C13H12Br2N2S2/c1-17(6-10-4-9(15)7-19-10)12-5-8(14)2-3-11(12)13(16)18/h2-5,7H,6H2,1H3,(H2,16,18). The number of anilines is 1. The van der Waals surface area contributed by atoms with Gasteiger partial charge in [0, 0.05) is 37.5 Å². The molecule has 0 aliphatic carbocycles. The van der Waals surface area contributed by atoms with E-state index in [-0.39, 0.29) is 0 Å². The van der Waals surface area contributed by atoms with Gasteiger partial charge in [-0.2, -0.15) is 0 Å². The van der Waals surface area contributed by atoms with Gasteiger partial charge in [-0.1, -0.05) is 28.1 Å². The monoisotopic (exact) mass is 418 g/mol. The first-order chi connectivity index (χ1) is 8.97. The zero-order chi connectivity index (χ0) is 14.0. The summed E-state index contributed by atoms with van der Waals surface area (Å²) in [5.41, 5.74) is 7.72. The summed E-state index contributed by atoms with van der Waals surface area (Å²) >= 11 is 13.8. The van der Waals surface area contributed by atoms with E-state index >= 15 is 0 Å². The van der Waals surface area contributed by atoms with Crippen molar-refractivity contribution in [2.75, 3.05) is 11.9 Å². The molecule has 0 amide bonds. The molecule has 0 spiro atoms. The van der Waals surface area contributed by atoms with E-state index in [2.05, 4.69) is 48.2 Å². The summed E-state index contributed by atoms with van der Waals surface area (Å²) in [6.45, 7) is 0.822. The summed E-state index contributed by atoms with van der Waals surface area (Å²) < 4.78 is 2.13. The van der Waals surface area contributed by atoms with Crippen molar-refractivity contribution in [1.82, 2.24) is 0 Å². The lowest BCUT2D eigenvalue weighted by Gasteiger charge is -2.22. The van der Waals surface area contributed by atoms with E-state index in [1.165, 1.54) is 4.88 Å². The molecule has 0 bridgehead atoms. The highest BCUT2D eigenvalue weighted by atomic mass is 79.9. The van der Waals surface area contributed by atoms with E-state index in [0.717, 1.165) is 26.7 Å². The summed E-state index contributed by atoms with van der Waals surface area (Å²) in [5, 5.41) is 2.08. The van der Waals surface area contributed by atoms with Crippen molar-refractivity contribution in [2.45, 2.75) is 6.54 Å². The number of benzene rings is 1. The van der Waals surface area contributed by atoms with Crippen LogP contribution in [0.1, 0.15) is 10.4 Å². The highest BCUT2D eigenvalue weighted by molar-refractivity contribution is 9.10. The van der Waals surface area contributed by atoms with Gasteiger partial charge in [-0.25, -0.2) is 0 Å². The zero-order valence-corrected chi connectivity index (χ0v) is 15.0. The lowest BCUT2D eigenvalue weighted by Crippen LogP contribution is -2.21. The molecule has 0 aliphatic heterocycles. The third kappa shape index (κ3) is 3.78. The lowest BCUT2D eigenvalue weighted by atomic mass is 10.1. The Labute approximate surface area is 138 Å². The molecule has 0 saturated heterocycles. The summed E-state index contributed by atoms with van der Waals surface area (Å²) in [6.07, 6.45) is 0. The predicted octanol–water partition coefficient (Wildman–Crippen LogP) is 4.54. The Morgan fingerprint density at radius 2 is 2.05 bits per heavy atom. The molecule has 1 aromatic heterocycles. The van der Waals surface area contributed by atoms with Gasteiger partial charge in [0.05, 0.1) is 6.54 Å². The average Bonchev–Trinajstić information content (AvgIpc) is 2.74. The number of hydrogen-bond donors (Lipinski definition) is 1. The number of nitrogens with two attached hydrogens (primary N) is 1. The van der Waals surface area contributed by atoms with E-state index in [1.807, 2.05) is 25.2 Å². The molecule has 19 heavy (non-hydrogen) atoms. The van der Waals surface area contributed by atoms with E-state index in [1.54, 1.807) is 11.3 Å². The van der Waals surface area contributed by atoms with Gasteiger partial charge in [-0.05, 0) is 40.2 Å². The predicted molar refractivity (Wildman–Crippen MR) is 94.2 cm³/mol. The molecule has 6 heteroatoms. The number of halogens is 2. The highest BCUT2D eigenvalue weighted by Gasteiger charge is 2.11. The number of hydrogen-bond acceptors (Lipinski definition) is 3. The third-order valence-electron chi connectivity index (χ3n) is 2.65. The maximum Gasteiger partial charge on any atom is 0.106 e. The van der Waals surface area contributed by atoms with Gasteiger partial charge in [0.2, 0.25) is 0 Å². The average molecular weight is 420 g/mol. The molecule has 1 heterocycles. The van der Waals surface area contributed by atoms with Gasteiger partial charge >= 0.3 is 0 Å². The van der Waals surface area contributed by atoms with E-state index < -0.39 is 0 Å². The Kier molecular flexibility index (Phi) is 5.00. The fourth-order valence-electron chi connectivity index (χ4n) is 1.78. The van der Waals surface area contributed by atoms with Crippen LogP contribution in [0.25, 0.3) is 0 Å². The summed E-state index contributed by atoms with van der Waals surface area (Å²) in [7, 11) is 2.04. The maximum absolute atomic E-state index is 5.78. The van der Waals surface area contributed by atoms with Gasteiger partial charge < -0.3 is 10.6 Å². The Morgan fingerprint density at radius 1 is 1.32 bits per heavy atom. The molecule has 2 N–H and O–H groups in total. The van der Waals surface area contributed by atoms with Crippen molar-refractivity contribution >= 4 is 66.1 Å². The van der Waals surface area contributed by atoms with Gasteiger partial charge in [-0.15, -0.1) is 11.3 Å². The molecule has 0 fully saturated rings. The van der Waals surface area contributed by atoms with Crippen LogP contribution in [0.5, 0.6) is 0 Å². The van der Waals surface area contributed by atoms with Crippen molar-refractivity contribution < 1.29 is 0 Å². The second kappa shape index (κ2) is 6.35.